The number of aromatic nitrogens is 2. The minimum absolute atomic E-state index is 0.113. The SMILES string of the molecule is COCc1cc(=O)[nH]c(SCC(=O)Nc2ccc(Oc3ccccc3)cc2)n1. The molecule has 1 amide bonds. The quantitative estimate of drug-likeness (QED) is 0.447. The predicted molar refractivity (Wildman–Crippen MR) is 108 cm³/mol. The zero-order valence-corrected chi connectivity index (χ0v) is 16.0. The first kappa shape index (κ1) is 19.7. The van der Waals surface area contributed by atoms with Gasteiger partial charge in [-0.05, 0) is 36.4 Å². The zero-order chi connectivity index (χ0) is 19.8. The molecule has 144 valence electrons. The van der Waals surface area contributed by atoms with Crippen LogP contribution in [0.5, 0.6) is 11.5 Å². The van der Waals surface area contributed by atoms with Crippen molar-refractivity contribution in [2.75, 3.05) is 18.2 Å². The topological polar surface area (TPSA) is 93.3 Å². The van der Waals surface area contributed by atoms with Gasteiger partial charge in [0, 0.05) is 18.9 Å². The summed E-state index contributed by atoms with van der Waals surface area (Å²) in [4.78, 5) is 30.6. The number of hydrogen-bond acceptors (Lipinski definition) is 6. The van der Waals surface area contributed by atoms with Gasteiger partial charge in [0.05, 0.1) is 18.1 Å². The Kier molecular flexibility index (Phi) is 6.83. The molecule has 2 N–H and O–H groups in total. The second-order valence-electron chi connectivity index (χ2n) is 5.75. The molecule has 0 bridgehead atoms. The standard InChI is InChI=1S/C20H19N3O4S/c1-26-12-15-11-18(24)23-20(22-15)28-13-19(25)21-14-7-9-17(10-8-14)27-16-5-3-2-4-6-16/h2-11H,12-13H2,1H3,(H,21,25)(H,22,23,24). The van der Waals surface area contributed by atoms with E-state index in [1.54, 1.807) is 24.3 Å². The van der Waals surface area contributed by atoms with E-state index in [1.165, 1.54) is 13.2 Å². The minimum atomic E-state index is -0.279. The van der Waals surface area contributed by atoms with E-state index in [9.17, 15) is 9.59 Å². The second kappa shape index (κ2) is 9.72. The molecule has 1 heterocycles. The van der Waals surface area contributed by atoms with E-state index in [2.05, 4.69) is 15.3 Å². The van der Waals surface area contributed by atoms with Gasteiger partial charge >= 0.3 is 0 Å². The maximum absolute atomic E-state index is 12.1. The molecule has 0 fully saturated rings. The molecule has 0 saturated heterocycles. The first-order valence-corrected chi connectivity index (χ1v) is 9.46. The number of H-pyrrole nitrogens is 1. The van der Waals surface area contributed by atoms with Crippen LogP contribution in [0.3, 0.4) is 0 Å². The Morgan fingerprint density at radius 3 is 2.54 bits per heavy atom. The highest BCUT2D eigenvalue weighted by atomic mass is 32.2. The van der Waals surface area contributed by atoms with Gasteiger partial charge in [-0.25, -0.2) is 4.98 Å². The second-order valence-corrected chi connectivity index (χ2v) is 6.72. The number of carbonyl (C=O) groups excluding carboxylic acids is 1. The van der Waals surface area contributed by atoms with E-state index in [4.69, 9.17) is 9.47 Å². The number of rotatable bonds is 8. The third kappa shape index (κ3) is 5.97. The molecule has 8 heteroatoms. The number of ether oxygens (including phenoxy) is 2. The van der Waals surface area contributed by atoms with Crippen molar-refractivity contribution in [2.24, 2.45) is 0 Å². The average molecular weight is 397 g/mol. The number of methoxy groups -OCH3 is 1. The molecule has 0 spiro atoms. The Labute approximate surface area is 166 Å². The molecular formula is C20H19N3O4S. The van der Waals surface area contributed by atoms with E-state index in [-0.39, 0.29) is 23.8 Å². The number of nitrogens with one attached hydrogen (secondary N) is 2. The van der Waals surface area contributed by atoms with Crippen LogP contribution in [0.15, 0.2) is 70.6 Å². The van der Waals surface area contributed by atoms with Gasteiger partial charge < -0.3 is 19.8 Å². The molecule has 3 aromatic rings. The molecule has 0 aliphatic carbocycles. The van der Waals surface area contributed by atoms with Crippen molar-refractivity contribution in [1.29, 1.82) is 0 Å². The van der Waals surface area contributed by atoms with Crippen molar-refractivity contribution < 1.29 is 14.3 Å². The Hall–Kier alpha value is -3.10. The van der Waals surface area contributed by atoms with Gasteiger partial charge in [0.25, 0.3) is 5.56 Å². The van der Waals surface area contributed by atoms with Crippen molar-refractivity contribution in [3.05, 3.63) is 76.7 Å². The number of hydrogen-bond donors (Lipinski definition) is 2. The molecule has 0 saturated carbocycles. The van der Waals surface area contributed by atoms with Gasteiger partial charge in [-0.15, -0.1) is 0 Å². The van der Waals surface area contributed by atoms with Crippen LogP contribution in [0.4, 0.5) is 5.69 Å². The summed E-state index contributed by atoms with van der Waals surface area (Å²) < 4.78 is 10.7. The van der Waals surface area contributed by atoms with Crippen LogP contribution in [-0.4, -0.2) is 28.7 Å². The number of amides is 1. The fraction of sp³-hybridized carbons (Fsp3) is 0.150. The monoisotopic (exact) mass is 397 g/mol. The van der Waals surface area contributed by atoms with Crippen LogP contribution in [-0.2, 0) is 16.1 Å². The summed E-state index contributed by atoms with van der Waals surface area (Å²) >= 11 is 1.15. The average Bonchev–Trinajstić information content (AvgIpc) is 2.69. The fourth-order valence-electron chi connectivity index (χ4n) is 2.34. The first-order chi connectivity index (χ1) is 13.6. The number of thioether (sulfide) groups is 1. The maximum atomic E-state index is 12.1. The molecule has 0 radical (unpaired) electrons. The number of nitrogens with zero attached hydrogens (tertiary/aromatic N) is 1. The van der Waals surface area contributed by atoms with E-state index >= 15 is 0 Å². The third-order valence-corrected chi connectivity index (χ3v) is 4.40. The van der Waals surface area contributed by atoms with Crippen molar-refractivity contribution in [3.8, 4) is 11.5 Å². The molecule has 0 aliphatic rings. The van der Waals surface area contributed by atoms with Crippen molar-refractivity contribution in [1.82, 2.24) is 9.97 Å². The van der Waals surface area contributed by atoms with Crippen LogP contribution in [0.1, 0.15) is 5.69 Å². The van der Waals surface area contributed by atoms with Crippen molar-refractivity contribution in [2.45, 2.75) is 11.8 Å². The molecule has 7 nitrogen and oxygen atoms in total. The summed E-state index contributed by atoms with van der Waals surface area (Å²) in [6, 6.07) is 17.9. The van der Waals surface area contributed by atoms with Crippen LogP contribution in [0, 0.1) is 0 Å². The number of benzene rings is 2. The maximum Gasteiger partial charge on any atom is 0.251 e. The molecule has 0 unspecified atom stereocenters. The molecular weight excluding hydrogens is 378 g/mol. The lowest BCUT2D eigenvalue weighted by molar-refractivity contribution is -0.113. The predicted octanol–water partition coefficient (Wildman–Crippen LogP) is 3.44. The van der Waals surface area contributed by atoms with Crippen LogP contribution < -0.4 is 15.6 Å². The molecule has 0 atom stereocenters. The van der Waals surface area contributed by atoms with Gasteiger partial charge in [-0.2, -0.15) is 0 Å². The molecule has 2 aromatic carbocycles. The van der Waals surface area contributed by atoms with E-state index in [0.29, 0.717) is 22.3 Å². The largest absolute Gasteiger partial charge is 0.457 e. The fourth-order valence-corrected chi connectivity index (χ4v) is 3.03. The summed E-state index contributed by atoms with van der Waals surface area (Å²) in [5.41, 5.74) is 0.891. The number of anilines is 1. The Balaban J connectivity index is 1.53. The number of aromatic amines is 1. The van der Waals surface area contributed by atoms with E-state index in [0.717, 1.165) is 17.5 Å². The molecule has 0 aliphatic heterocycles. The van der Waals surface area contributed by atoms with Crippen molar-refractivity contribution >= 4 is 23.4 Å². The Morgan fingerprint density at radius 2 is 1.82 bits per heavy atom. The minimum Gasteiger partial charge on any atom is -0.457 e. The van der Waals surface area contributed by atoms with Crippen LogP contribution in [0.25, 0.3) is 0 Å². The van der Waals surface area contributed by atoms with Gasteiger partial charge in [0.15, 0.2) is 5.16 Å². The van der Waals surface area contributed by atoms with Gasteiger partial charge in [-0.1, -0.05) is 30.0 Å². The molecule has 1 aromatic heterocycles. The summed E-state index contributed by atoms with van der Waals surface area (Å²) in [7, 11) is 1.53. The first-order valence-electron chi connectivity index (χ1n) is 8.47. The van der Waals surface area contributed by atoms with Crippen LogP contribution in [0.2, 0.25) is 0 Å². The van der Waals surface area contributed by atoms with Crippen molar-refractivity contribution in [3.63, 3.8) is 0 Å². The Bertz CT molecular complexity index is 975. The van der Waals surface area contributed by atoms with Gasteiger partial charge in [0.2, 0.25) is 5.91 Å². The molecule has 28 heavy (non-hydrogen) atoms. The lowest BCUT2D eigenvalue weighted by Gasteiger charge is -2.08. The summed E-state index contributed by atoms with van der Waals surface area (Å²) in [5.74, 6) is 1.33. The normalized spacial score (nSPS) is 10.5. The highest BCUT2D eigenvalue weighted by molar-refractivity contribution is 7.99. The lowest BCUT2D eigenvalue weighted by atomic mass is 10.3. The highest BCUT2D eigenvalue weighted by Crippen LogP contribution is 2.22. The summed E-state index contributed by atoms with van der Waals surface area (Å²) in [6.45, 7) is 0.237. The van der Waals surface area contributed by atoms with Gasteiger partial charge in [0.1, 0.15) is 11.5 Å². The third-order valence-electron chi connectivity index (χ3n) is 3.52. The highest BCUT2D eigenvalue weighted by Gasteiger charge is 2.07. The van der Waals surface area contributed by atoms with Crippen LogP contribution >= 0.6 is 11.8 Å². The zero-order valence-electron chi connectivity index (χ0n) is 15.2. The van der Waals surface area contributed by atoms with E-state index < -0.39 is 0 Å². The summed E-state index contributed by atoms with van der Waals surface area (Å²) in [5, 5.41) is 3.17. The smallest absolute Gasteiger partial charge is 0.251 e. The summed E-state index contributed by atoms with van der Waals surface area (Å²) in [6.07, 6.45) is 0. The van der Waals surface area contributed by atoms with Gasteiger partial charge in [-0.3, -0.25) is 9.59 Å². The Morgan fingerprint density at radius 1 is 1.11 bits per heavy atom. The molecule has 3 rings (SSSR count). The number of carbonyl (C=O) groups is 1. The lowest BCUT2D eigenvalue weighted by Crippen LogP contribution is -2.16. The van der Waals surface area contributed by atoms with E-state index in [1.807, 2.05) is 30.3 Å². The number of para-hydroxylation sites is 1.